The molecule has 61 heavy (non-hydrogen) atoms. The van der Waals surface area contributed by atoms with E-state index in [4.69, 9.17) is 16.2 Å². The van der Waals surface area contributed by atoms with Crippen molar-refractivity contribution in [2.45, 2.75) is 102 Å². The third-order valence-electron chi connectivity index (χ3n) is 14.7. The van der Waals surface area contributed by atoms with Gasteiger partial charge in [0.15, 0.2) is 23.1 Å². The first-order valence-corrected chi connectivity index (χ1v) is 24.6. The Morgan fingerprint density at radius 3 is 2.62 bits per heavy atom. The summed E-state index contributed by atoms with van der Waals surface area (Å²) in [7, 11) is 3.80. The number of aromatic nitrogens is 1. The van der Waals surface area contributed by atoms with E-state index < -0.39 is 12.1 Å². The number of carbonyl (C=O) groups excluding carboxylic acids is 2. The molecule has 6 atom stereocenters. The maximum atomic E-state index is 14.2. The molecule has 1 spiro atoms. The molecule has 0 amide bonds. The molecule has 318 valence electrons. The highest BCUT2D eigenvalue weighted by molar-refractivity contribution is 8.76. The fourth-order valence-corrected chi connectivity index (χ4v) is 14.7. The quantitative estimate of drug-likeness (QED) is 0.0771. The highest BCUT2D eigenvalue weighted by Gasteiger charge is 2.63. The van der Waals surface area contributed by atoms with Crippen molar-refractivity contribution < 1.29 is 24.5 Å². The van der Waals surface area contributed by atoms with Gasteiger partial charge in [0, 0.05) is 65.3 Å². The van der Waals surface area contributed by atoms with Gasteiger partial charge in [0.05, 0.1) is 19.2 Å². The van der Waals surface area contributed by atoms with E-state index in [1.807, 2.05) is 64.1 Å². The van der Waals surface area contributed by atoms with Gasteiger partial charge in [0.1, 0.15) is 5.75 Å². The summed E-state index contributed by atoms with van der Waals surface area (Å²) in [6, 6.07) is 16.8. The maximum Gasteiger partial charge on any atom is 0.165 e. The standard InChI is InChI=1S/C51H57N3O5S2/c1-2-4-43-34-10-11-36-27-50(43)18-15-37(55)12-7-31-9-14-46(57)48(22-31)59-20-17-32-8-13-45(56)42(21-32)41-25-47(58)38-16-19-54-44(38)6-3-5-33-23-40(49(52)53)35(24-39(33)41)28-60-61-30-51(36,26-34)29-50/h8-9,13-16,18-19,21-24,34,36,41,43,49,54,56-57H,2,4,6-7,10-12,17,20,25-30,52-53H2,1H3/b18-15+/t34-,36-,41-,43-,50+,51+/m0/s1. The number of aromatic hydroxyl groups is 2. The zero-order valence-corrected chi connectivity index (χ0v) is 36.6. The number of hydrogen-bond acceptors (Lipinski definition) is 9. The van der Waals surface area contributed by atoms with E-state index >= 15 is 0 Å². The highest BCUT2D eigenvalue weighted by atomic mass is 33.1. The number of carbonyl (C=O) groups is 2. The molecule has 10 heteroatoms. The molecular weight excluding hydrogens is 799 g/mol. The molecule has 9 bridgehead atoms. The van der Waals surface area contributed by atoms with Crippen molar-refractivity contribution in [1.29, 1.82) is 0 Å². The molecule has 1 aliphatic heterocycles. The number of rotatable bonds is 3. The molecule has 0 radical (unpaired) electrons. The van der Waals surface area contributed by atoms with Crippen LogP contribution in [0.3, 0.4) is 0 Å². The Balaban J connectivity index is 1.11. The Morgan fingerprint density at radius 2 is 1.79 bits per heavy atom. The van der Waals surface area contributed by atoms with Gasteiger partial charge in [0.25, 0.3) is 0 Å². The molecule has 0 unspecified atom stereocenters. The average molecular weight is 856 g/mol. The molecule has 1 aromatic heterocycles. The minimum atomic E-state index is -0.723. The van der Waals surface area contributed by atoms with Crippen LogP contribution in [0.25, 0.3) is 0 Å². The second kappa shape index (κ2) is 17.4. The molecule has 7 N–H and O–H groups in total. The van der Waals surface area contributed by atoms with Crippen LogP contribution in [0.4, 0.5) is 0 Å². The van der Waals surface area contributed by atoms with Crippen LogP contribution >= 0.6 is 21.6 Å². The molecular formula is C51H57N3O5S2. The molecule has 3 fully saturated rings. The number of Topliss-reactive ketones (excluding diaryl/α,β-unsaturated/α-hetero) is 1. The lowest BCUT2D eigenvalue weighted by Gasteiger charge is -2.52. The van der Waals surface area contributed by atoms with Crippen molar-refractivity contribution in [3.8, 4) is 29.1 Å². The number of fused-ring (bicyclic) bond motifs is 8. The number of ether oxygens (including phenoxy) is 1. The summed E-state index contributed by atoms with van der Waals surface area (Å²) in [6.07, 6.45) is 15.8. The molecule has 3 saturated carbocycles. The smallest absolute Gasteiger partial charge is 0.165 e. The molecule has 9 rings (SSSR count). The van der Waals surface area contributed by atoms with Gasteiger partial charge in [-0.1, -0.05) is 77.1 Å². The van der Waals surface area contributed by atoms with Gasteiger partial charge in [-0.3, -0.25) is 9.59 Å². The SMILES string of the molecule is CCC[C@H]1[C@H]2CC[C@H]3C[C@@]14/C=C/C(=O)CCc1ccc(O)c(c1)OCCc1ccc(O)c(c1)[C@H]1CC(=O)c5cc[nH]c5CC#Cc5cc(C(N)N)c(cc51)CSSC[C@@]3(C2)C4. The monoisotopic (exact) mass is 855 g/mol. The van der Waals surface area contributed by atoms with Crippen molar-refractivity contribution in [2.24, 2.45) is 40.1 Å². The number of nitrogens with two attached hydrogens (primary N) is 2. The summed E-state index contributed by atoms with van der Waals surface area (Å²) in [5, 5.41) is 22.4. The first-order chi connectivity index (χ1) is 29.5. The van der Waals surface area contributed by atoms with E-state index in [0.29, 0.717) is 66.1 Å². The third kappa shape index (κ3) is 8.32. The molecule has 4 aromatic rings. The van der Waals surface area contributed by atoms with Crippen LogP contribution < -0.4 is 16.2 Å². The Kier molecular flexibility index (Phi) is 12.0. The second-order valence-electron chi connectivity index (χ2n) is 18.4. The van der Waals surface area contributed by atoms with Crippen molar-refractivity contribution >= 4 is 33.2 Å². The normalized spacial score (nSPS) is 28.1. The van der Waals surface area contributed by atoms with E-state index in [9.17, 15) is 19.8 Å². The van der Waals surface area contributed by atoms with Gasteiger partial charge in [-0.2, -0.15) is 0 Å². The van der Waals surface area contributed by atoms with Gasteiger partial charge in [-0.25, -0.2) is 0 Å². The molecule has 2 heterocycles. The van der Waals surface area contributed by atoms with E-state index in [2.05, 4.69) is 35.9 Å². The van der Waals surface area contributed by atoms with Crippen LogP contribution in [0.1, 0.15) is 132 Å². The zero-order valence-electron chi connectivity index (χ0n) is 35.0. The van der Waals surface area contributed by atoms with Gasteiger partial charge < -0.3 is 31.4 Å². The fourth-order valence-electron chi connectivity index (χ4n) is 11.9. The molecule has 5 aliphatic rings. The first kappa shape index (κ1) is 41.9. The number of phenolic OH excluding ortho intramolecular Hbond substituents is 2. The van der Waals surface area contributed by atoms with Crippen LogP contribution in [-0.2, 0) is 29.8 Å². The summed E-state index contributed by atoms with van der Waals surface area (Å²) in [5.74, 6) is 10.5. The Labute approximate surface area is 367 Å². The number of phenols is 2. The first-order valence-electron chi connectivity index (χ1n) is 22.1. The summed E-state index contributed by atoms with van der Waals surface area (Å²) >= 11 is 0. The molecule has 3 aromatic carbocycles. The van der Waals surface area contributed by atoms with Crippen LogP contribution in [0.5, 0.6) is 17.2 Å². The number of nitrogens with one attached hydrogen (secondary N) is 1. The predicted octanol–water partition coefficient (Wildman–Crippen LogP) is 9.84. The van der Waals surface area contributed by atoms with Crippen LogP contribution in [0, 0.1) is 40.4 Å². The minimum absolute atomic E-state index is 0.0270. The summed E-state index contributed by atoms with van der Waals surface area (Å²) in [4.78, 5) is 31.0. The molecule has 8 nitrogen and oxygen atoms in total. The van der Waals surface area contributed by atoms with Crippen LogP contribution in [-0.4, -0.2) is 39.1 Å². The fraction of sp³-hybridized carbons (Fsp3) is 0.451. The van der Waals surface area contributed by atoms with E-state index in [-0.39, 0.29) is 46.9 Å². The maximum absolute atomic E-state index is 14.2. The van der Waals surface area contributed by atoms with Gasteiger partial charge in [-0.05, 0) is 138 Å². The highest BCUT2D eigenvalue weighted by Crippen LogP contribution is 2.72. The Bertz CT molecular complexity index is 2430. The van der Waals surface area contributed by atoms with E-state index in [0.717, 1.165) is 64.1 Å². The molecule has 4 aliphatic carbocycles. The second-order valence-corrected chi connectivity index (χ2v) is 20.9. The third-order valence-corrected chi connectivity index (χ3v) is 17.2. The lowest BCUT2D eigenvalue weighted by atomic mass is 9.54. The van der Waals surface area contributed by atoms with Crippen LogP contribution in [0.15, 0.2) is 72.9 Å². The largest absolute Gasteiger partial charge is 0.508 e. The lowest BCUT2D eigenvalue weighted by molar-refractivity contribution is -0.114. The Hall–Kier alpha value is -4.40. The van der Waals surface area contributed by atoms with Gasteiger partial charge in [0.2, 0.25) is 0 Å². The van der Waals surface area contributed by atoms with Crippen LogP contribution in [0.2, 0.25) is 0 Å². The summed E-state index contributed by atoms with van der Waals surface area (Å²) in [6.45, 7) is 2.57. The number of allylic oxidation sites excluding steroid dienone is 2. The number of ketones is 2. The molecule has 0 saturated heterocycles. The number of H-pyrrole nitrogens is 1. The lowest BCUT2D eigenvalue weighted by Crippen LogP contribution is -2.44. The Morgan fingerprint density at radius 1 is 0.951 bits per heavy atom. The number of benzene rings is 3. The summed E-state index contributed by atoms with van der Waals surface area (Å²) < 4.78 is 6.17. The van der Waals surface area contributed by atoms with E-state index in [1.165, 1.54) is 25.7 Å². The van der Waals surface area contributed by atoms with Crippen molar-refractivity contribution in [1.82, 2.24) is 4.98 Å². The van der Waals surface area contributed by atoms with Crippen molar-refractivity contribution in [3.05, 3.63) is 123 Å². The van der Waals surface area contributed by atoms with Crippen molar-refractivity contribution in [3.63, 3.8) is 0 Å². The van der Waals surface area contributed by atoms with Crippen molar-refractivity contribution in [2.75, 3.05) is 12.4 Å². The minimum Gasteiger partial charge on any atom is -0.508 e. The zero-order chi connectivity index (χ0) is 42.3. The van der Waals surface area contributed by atoms with Gasteiger partial charge in [-0.15, -0.1) is 0 Å². The summed E-state index contributed by atoms with van der Waals surface area (Å²) in [5.41, 5.74) is 20.6. The number of aromatic amines is 1. The topological polar surface area (TPSA) is 152 Å². The van der Waals surface area contributed by atoms with Gasteiger partial charge >= 0.3 is 0 Å². The number of hydrogen-bond donors (Lipinski definition) is 5. The average Bonchev–Trinajstić information content (AvgIpc) is 3.80. The van der Waals surface area contributed by atoms with E-state index in [1.54, 1.807) is 18.3 Å². The number of aryl methyl sites for hydroxylation is 1. The predicted molar refractivity (Wildman–Crippen MR) is 245 cm³/mol.